The summed E-state index contributed by atoms with van der Waals surface area (Å²) in [4.78, 5) is 37.5. The molecule has 3 aromatic carbocycles. The molecule has 0 saturated heterocycles. The van der Waals surface area contributed by atoms with Crippen LogP contribution in [-0.4, -0.2) is 28.3 Å². The molecule has 0 fully saturated rings. The van der Waals surface area contributed by atoms with Gasteiger partial charge in [0, 0.05) is 6.07 Å². The van der Waals surface area contributed by atoms with Crippen LogP contribution in [-0.2, 0) is 9.53 Å². The molecule has 3 aromatic rings. The third-order valence-corrected chi connectivity index (χ3v) is 5.20. The first-order chi connectivity index (χ1) is 17.3. The minimum Gasteiger partial charge on any atom is -0.490 e. The van der Waals surface area contributed by atoms with Crippen LogP contribution in [0.2, 0.25) is 5.02 Å². The van der Waals surface area contributed by atoms with Crippen molar-refractivity contribution in [3.63, 3.8) is 0 Å². The molecule has 36 heavy (non-hydrogen) atoms. The summed E-state index contributed by atoms with van der Waals surface area (Å²) in [5.41, 5.74) is 0.000662. The Bertz CT molecular complexity index is 1450. The summed E-state index contributed by atoms with van der Waals surface area (Å²) in [6, 6.07) is 14.5. The van der Waals surface area contributed by atoms with Crippen molar-refractivity contribution < 1.29 is 28.9 Å². The van der Waals surface area contributed by atoms with Crippen LogP contribution in [0.4, 0.5) is 11.4 Å². The summed E-state index contributed by atoms with van der Waals surface area (Å²) in [6.07, 6.45) is 1.48. The lowest BCUT2D eigenvalue weighted by atomic mass is 10.1. The molecule has 0 atom stereocenters. The number of carbonyl (C=O) groups excluding carboxylic acids is 1. The largest absolute Gasteiger partial charge is 0.490 e. The molecule has 0 amide bonds. The van der Waals surface area contributed by atoms with Crippen LogP contribution >= 0.6 is 11.6 Å². The monoisotopic (exact) mass is 509 g/mol. The summed E-state index contributed by atoms with van der Waals surface area (Å²) in [6.45, 7) is 1.98. The zero-order chi connectivity index (χ0) is 25.8. The lowest BCUT2D eigenvalue weighted by Crippen LogP contribution is -2.05. The number of benzene rings is 3. The fourth-order valence-corrected chi connectivity index (χ4v) is 3.47. The summed E-state index contributed by atoms with van der Waals surface area (Å²) in [7, 11) is 0. The van der Waals surface area contributed by atoms with Crippen molar-refractivity contribution >= 4 is 40.9 Å². The molecule has 0 radical (unpaired) electrons. The van der Waals surface area contributed by atoms with Crippen molar-refractivity contribution in [2.24, 2.45) is 4.99 Å². The molecule has 0 aromatic heterocycles. The zero-order valence-corrected chi connectivity index (χ0v) is 19.3. The van der Waals surface area contributed by atoms with Gasteiger partial charge in [0.15, 0.2) is 17.2 Å². The van der Waals surface area contributed by atoms with Gasteiger partial charge in [-0.05, 0) is 48.9 Å². The van der Waals surface area contributed by atoms with Gasteiger partial charge >= 0.3 is 11.7 Å². The molecule has 0 aliphatic carbocycles. The molecule has 0 unspecified atom stereocenters. The summed E-state index contributed by atoms with van der Waals surface area (Å²) < 4.78 is 16.5. The maximum Gasteiger partial charge on any atom is 0.363 e. The van der Waals surface area contributed by atoms with Crippen LogP contribution in [0.5, 0.6) is 17.2 Å². The highest BCUT2D eigenvalue weighted by Crippen LogP contribution is 2.39. The van der Waals surface area contributed by atoms with Crippen molar-refractivity contribution in [2.75, 3.05) is 6.61 Å². The molecule has 4 rings (SSSR count). The van der Waals surface area contributed by atoms with E-state index < -0.39 is 27.2 Å². The Hall–Kier alpha value is -4.77. The number of halogens is 1. The topological polar surface area (TPSA) is 143 Å². The molecule has 182 valence electrons. The van der Waals surface area contributed by atoms with Crippen LogP contribution in [0.15, 0.2) is 71.4 Å². The van der Waals surface area contributed by atoms with Gasteiger partial charge in [-0.1, -0.05) is 29.8 Å². The number of nitro benzene ring substituents is 2. The summed E-state index contributed by atoms with van der Waals surface area (Å²) >= 11 is 6.16. The number of cyclic esters (lactones) is 1. The Morgan fingerprint density at radius 1 is 1.00 bits per heavy atom. The van der Waals surface area contributed by atoms with E-state index in [1.54, 1.807) is 43.3 Å². The smallest absolute Gasteiger partial charge is 0.363 e. The van der Waals surface area contributed by atoms with Gasteiger partial charge in [-0.25, -0.2) is 9.79 Å². The minimum absolute atomic E-state index is 0.0343. The van der Waals surface area contributed by atoms with Gasteiger partial charge in [0.1, 0.15) is 0 Å². The van der Waals surface area contributed by atoms with Gasteiger partial charge in [0.25, 0.3) is 5.69 Å². The number of hydrogen-bond donors (Lipinski definition) is 0. The van der Waals surface area contributed by atoms with Gasteiger partial charge in [-0.3, -0.25) is 20.2 Å². The lowest BCUT2D eigenvalue weighted by Gasteiger charge is -2.12. The van der Waals surface area contributed by atoms with Gasteiger partial charge in [0.2, 0.25) is 11.6 Å². The first-order valence-corrected chi connectivity index (χ1v) is 10.8. The molecule has 1 heterocycles. The highest BCUT2D eigenvalue weighted by Gasteiger charge is 2.26. The quantitative estimate of drug-likeness (QED) is 0.163. The van der Waals surface area contributed by atoms with Gasteiger partial charge < -0.3 is 14.2 Å². The summed E-state index contributed by atoms with van der Waals surface area (Å²) in [5, 5.41) is 22.8. The third-order valence-electron chi connectivity index (χ3n) is 4.87. The van der Waals surface area contributed by atoms with E-state index in [1.807, 2.05) is 0 Å². The first-order valence-electron chi connectivity index (χ1n) is 10.4. The van der Waals surface area contributed by atoms with Gasteiger partial charge in [-0.2, -0.15) is 0 Å². The van der Waals surface area contributed by atoms with E-state index >= 15 is 0 Å². The SMILES string of the molecule is CCOc1cc(/C=C2\N=C(c3ccccc3Cl)OC2=O)ccc1Oc1ccc([N+](=O)[O-])cc1[N+](=O)[O-]. The average Bonchev–Trinajstić information content (AvgIpc) is 3.20. The number of non-ortho nitro benzene ring substituents is 1. The molecule has 1 aliphatic heterocycles. The van der Waals surface area contributed by atoms with Gasteiger partial charge in [0.05, 0.1) is 33.1 Å². The number of ether oxygens (including phenoxy) is 3. The highest BCUT2D eigenvalue weighted by molar-refractivity contribution is 6.34. The van der Waals surface area contributed by atoms with Crippen molar-refractivity contribution in [3.05, 3.63) is 103 Å². The predicted molar refractivity (Wildman–Crippen MR) is 129 cm³/mol. The molecule has 0 N–H and O–H groups in total. The Labute approximate surface area is 208 Å². The molecule has 11 nitrogen and oxygen atoms in total. The van der Waals surface area contributed by atoms with E-state index in [0.717, 1.165) is 18.2 Å². The maximum absolute atomic E-state index is 12.4. The van der Waals surface area contributed by atoms with E-state index in [4.69, 9.17) is 25.8 Å². The van der Waals surface area contributed by atoms with E-state index in [0.29, 0.717) is 16.1 Å². The van der Waals surface area contributed by atoms with Crippen molar-refractivity contribution in [1.82, 2.24) is 0 Å². The molecule has 1 aliphatic rings. The average molecular weight is 510 g/mol. The fourth-order valence-electron chi connectivity index (χ4n) is 3.25. The molecular formula is C24H16ClN3O8. The van der Waals surface area contributed by atoms with Crippen LogP contribution in [0.25, 0.3) is 6.08 Å². The van der Waals surface area contributed by atoms with Crippen LogP contribution in [0.1, 0.15) is 18.1 Å². The van der Waals surface area contributed by atoms with E-state index in [-0.39, 0.29) is 35.5 Å². The Morgan fingerprint density at radius 3 is 2.44 bits per heavy atom. The highest BCUT2D eigenvalue weighted by atomic mass is 35.5. The lowest BCUT2D eigenvalue weighted by molar-refractivity contribution is -0.394. The van der Waals surface area contributed by atoms with Gasteiger partial charge in [-0.15, -0.1) is 0 Å². The maximum atomic E-state index is 12.4. The van der Waals surface area contributed by atoms with Crippen molar-refractivity contribution in [2.45, 2.75) is 6.92 Å². The number of aliphatic imine (C=N–C) groups is 1. The number of rotatable bonds is 8. The second-order valence-corrected chi connectivity index (χ2v) is 7.63. The van der Waals surface area contributed by atoms with E-state index in [2.05, 4.69) is 4.99 Å². The van der Waals surface area contributed by atoms with Crippen LogP contribution < -0.4 is 9.47 Å². The molecule has 0 spiro atoms. The number of carbonyl (C=O) groups is 1. The van der Waals surface area contributed by atoms with Crippen LogP contribution in [0.3, 0.4) is 0 Å². The minimum atomic E-state index is -0.776. The van der Waals surface area contributed by atoms with Crippen molar-refractivity contribution in [3.8, 4) is 17.2 Å². The molecule has 0 bridgehead atoms. The number of nitrogens with zero attached hydrogens (tertiary/aromatic N) is 3. The molecular weight excluding hydrogens is 494 g/mol. The third kappa shape index (κ3) is 5.15. The zero-order valence-electron chi connectivity index (χ0n) is 18.5. The number of nitro groups is 2. The Balaban J connectivity index is 1.66. The number of hydrogen-bond acceptors (Lipinski definition) is 9. The first kappa shape index (κ1) is 24.4. The predicted octanol–water partition coefficient (Wildman–Crippen LogP) is 5.69. The van der Waals surface area contributed by atoms with Crippen LogP contribution in [0, 0.1) is 20.2 Å². The van der Waals surface area contributed by atoms with Crippen molar-refractivity contribution in [1.29, 1.82) is 0 Å². The second kappa shape index (κ2) is 10.2. The Kier molecular flexibility index (Phi) is 6.93. The standard InChI is InChI=1S/C24H16ClN3O8/c1-2-34-22-12-14(11-18-24(29)36-23(26-18)16-5-3-4-6-17(16)25)7-9-21(22)35-20-10-8-15(27(30)31)13-19(20)28(32)33/h3-13H,2H2,1H3/b18-11-. The van der Waals surface area contributed by atoms with E-state index in [1.165, 1.54) is 12.1 Å². The Morgan fingerprint density at radius 2 is 1.75 bits per heavy atom. The second-order valence-electron chi connectivity index (χ2n) is 7.22. The normalized spacial score (nSPS) is 13.8. The van der Waals surface area contributed by atoms with E-state index in [9.17, 15) is 25.0 Å². The fraction of sp³-hybridized carbons (Fsp3) is 0.0833. The summed E-state index contributed by atoms with van der Waals surface area (Å²) in [5.74, 6) is -0.436. The molecule has 0 saturated carbocycles. The molecule has 12 heteroatoms. The number of esters is 1.